The summed E-state index contributed by atoms with van der Waals surface area (Å²) in [4.78, 5) is 26.2. The number of amides is 1. The van der Waals surface area contributed by atoms with Crippen molar-refractivity contribution in [2.75, 3.05) is 19.7 Å². The Kier molecular flexibility index (Phi) is 3.75. The summed E-state index contributed by atoms with van der Waals surface area (Å²) >= 11 is 0. The van der Waals surface area contributed by atoms with Crippen LogP contribution in [0.25, 0.3) is 11.0 Å². The number of carbonyl (C=O) groups excluding carboxylic acids is 1. The van der Waals surface area contributed by atoms with Crippen molar-refractivity contribution in [3.8, 4) is 0 Å². The summed E-state index contributed by atoms with van der Waals surface area (Å²) in [7, 11) is 0. The van der Waals surface area contributed by atoms with Gasteiger partial charge in [0.25, 0.3) is 5.91 Å². The standard InChI is InChI=1S/C16H17NO4/c18-10-11-4-3-7-17(9-11)16(20)15-8-13(19)12-5-1-2-6-14(12)21-15/h1-2,5-6,8,11,18H,3-4,7,9-10H2. The number of fused-ring (bicyclic) bond motifs is 1. The molecule has 1 aliphatic rings. The van der Waals surface area contributed by atoms with Crippen LogP contribution in [0.4, 0.5) is 0 Å². The van der Waals surface area contributed by atoms with Crippen LogP contribution in [0.1, 0.15) is 23.4 Å². The number of likely N-dealkylation sites (tertiary alicyclic amines) is 1. The van der Waals surface area contributed by atoms with Gasteiger partial charge in [0.05, 0.1) is 5.39 Å². The lowest BCUT2D eigenvalue weighted by atomic mass is 9.99. The Morgan fingerprint density at radius 2 is 2.19 bits per heavy atom. The molecule has 5 nitrogen and oxygen atoms in total. The molecule has 5 heteroatoms. The van der Waals surface area contributed by atoms with Crippen molar-refractivity contribution in [3.63, 3.8) is 0 Å². The molecular weight excluding hydrogens is 270 g/mol. The van der Waals surface area contributed by atoms with E-state index >= 15 is 0 Å². The number of hydrogen-bond acceptors (Lipinski definition) is 4. The van der Waals surface area contributed by atoms with Gasteiger partial charge in [-0.05, 0) is 30.9 Å². The van der Waals surface area contributed by atoms with E-state index in [0.717, 1.165) is 12.8 Å². The highest BCUT2D eigenvalue weighted by molar-refractivity contribution is 5.93. The third kappa shape index (κ3) is 2.69. The zero-order valence-electron chi connectivity index (χ0n) is 11.6. The zero-order chi connectivity index (χ0) is 14.8. The second-order valence-corrected chi connectivity index (χ2v) is 5.41. The number of aliphatic hydroxyl groups excluding tert-OH is 1. The van der Waals surface area contributed by atoms with Gasteiger partial charge in [0.15, 0.2) is 11.2 Å². The Hall–Kier alpha value is -2.14. The molecule has 0 saturated carbocycles. The molecule has 1 atom stereocenters. The van der Waals surface area contributed by atoms with Crippen molar-refractivity contribution in [1.82, 2.24) is 4.90 Å². The monoisotopic (exact) mass is 287 g/mol. The van der Waals surface area contributed by atoms with E-state index in [9.17, 15) is 14.7 Å². The van der Waals surface area contributed by atoms with Crippen molar-refractivity contribution in [3.05, 3.63) is 46.3 Å². The van der Waals surface area contributed by atoms with Gasteiger partial charge in [0.2, 0.25) is 0 Å². The van der Waals surface area contributed by atoms with Crippen LogP contribution in [-0.2, 0) is 0 Å². The van der Waals surface area contributed by atoms with E-state index in [4.69, 9.17) is 4.42 Å². The first-order valence-corrected chi connectivity index (χ1v) is 7.12. The molecule has 2 heterocycles. The summed E-state index contributed by atoms with van der Waals surface area (Å²) in [6.07, 6.45) is 1.77. The van der Waals surface area contributed by atoms with Crippen LogP contribution in [0.5, 0.6) is 0 Å². The van der Waals surface area contributed by atoms with Gasteiger partial charge in [-0.25, -0.2) is 0 Å². The molecule has 0 radical (unpaired) electrons. The second-order valence-electron chi connectivity index (χ2n) is 5.41. The maximum Gasteiger partial charge on any atom is 0.289 e. The Balaban J connectivity index is 1.93. The lowest BCUT2D eigenvalue weighted by Crippen LogP contribution is -2.41. The normalized spacial score (nSPS) is 18.9. The predicted octanol–water partition coefficient (Wildman–Crippen LogP) is 1.64. The van der Waals surface area contributed by atoms with E-state index in [0.29, 0.717) is 24.1 Å². The number of carbonyl (C=O) groups is 1. The van der Waals surface area contributed by atoms with E-state index in [1.54, 1.807) is 29.2 Å². The van der Waals surface area contributed by atoms with Crippen molar-refractivity contribution in [2.24, 2.45) is 5.92 Å². The molecule has 0 spiro atoms. The Bertz CT molecular complexity index is 722. The fraction of sp³-hybridized carbons (Fsp3) is 0.375. The molecule has 3 rings (SSSR count). The number of piperidine rings is 1. The average molecular weight is 287 g/mol. The summed E-state index contributed by atoms with van der Waals surface area (Å²) in [6, 6.07) is 8.14. The Morgan fingerprint density at radius 1 is 1.38 bits per heavy atom. The van der Waals surface area contributed by atoms with Crippen LogP contribution in [0, 0.1) is 5.92 Å². The fourth-order valence-corrected chi connectivity index (χ4v) is 2.76. The smallest absolute Gasteiger partial charge is 0.289 e. The molecule has 110 valence electrons. The minimum absolute atomic E-state index is 0.0669. The summed E-state index contributed by atoms with van der Waals surface area (Å²) in [5.41, 5.74) is 0.208. The van der Waals surface area contributed by atoms with Gasteiger partial charge in [0, 0.05) is 25.8 Å². The number of aliphatic hydroxyl groups is 1. The number of nitrogens with zero attached hydrogens (tertiary/aromatic N) is 1. The fourth-order valence-electron chi connectivity index (χ4n) is 2.76. The summed E-state index contributed by atoms with van der Waals surface area (Å²) < 4.78 is 5.57. The molecule has 1 aliphatic heterocycles. The molecule has 0 bridgehead atoms. The van der Waals surface area contributed by atoms with Crippen molar-refractivity contribution in [1.29, 1.82) is 0 Å². The van der Waals surface area contributed by atoms with Crippen LogP contribution >= 0.6 is 0 Å². The Morgan fingerprint density at radius 3 is 3.00 bits per heavy atom. The molecule has 0 aliphatic carbocycles. The van der Waals surface area contributed by atoms with E-state index in [-0.39, 0.29) is 29.6 Å². The van der Waals surface area contributed by atoms with Crippen LogP contribution < -0.4 is 5.43 Å². The largest absolute Gasteiger partial charge is 0.451 e. The van der Waals surface area contributed by atoms with E-state index in [1.807, 2.05) is 0 Å². The van der Waals surface area contributed by atoms with Crippen molar-refractivity contribution in [2.45, 2.75) is 12.8 Å². The SMILES string of the molecule is O=C(c1cc(=O)c2ccccc2o1)N1CCCC(CO)C1. The van der Waals surface area contributed by atoms with Crippen LogP contribution in [-0.4, -0.2) is 35.6 Å². The zero-order valence-corrected chi connectivity index (χ0v) is 11.6. The first-order chi connectivity index (χ1) is 10.2. The maximum absolute atomic E-state index is 12.5. The van der Waals surface area contributed by atoms with Gasteiger partial charge < -0.3 is 14.4 Å². The van der Waals surface area contributed by atoms with Crippen LogP contribution in [0.3, 0.4) is 0 Å². The highest BCUT2D eigenvalue weighted by Crippen LogP contribution is 2.19. The van der Waals surface area contributed by atoms with E-state index in [2.05, 4.69) is 0 Å². The quantitative estimate of drug-likeness (QED) is 0.911. The van der Waals surface area contributed by atoms with E-state index < -0.39 is 0 Å². The summed E-state index contributed by atoms with van der Waals surface area (Å²) in [5.74, 6) is -0.108. The minimum atomic E-state index is -0.281. The van der Waals surface area contributed by atoms with Gasteiger partial charge in [-0.15, -0.1) is 0 Å². The topological polar surface area (TPSA) is 70.8 Å². The molecule has 2 aromatic rings. The molecule has 1 saturated heterocycles. The number of hydrogen-bond donors (Lipinski definition) is 1. The second kappa shape index (κ2) is 5.69. The number of rotatable bonds is 2. The van der Waals surface area contributed by atoms with Crippen LogP contribution in [0.15, 0.2) is 39.5 Å². The van der Waals surface area contributed by atoms with Gasteiger partial charge in [0.1, 0.15) is 5.58 Å². The predicted molar refractivity (Wildman–Crippen MR) is 78.2 cm³/mol. The van der Waals surface area contributed by atoms with Gasteiger partial charge in [-0.1, -0.05) is 12.1 Å². The summed E-state index contributed by atoms with van der Waals surface area (Å²) in [6.45, 7) is 1.21. The first-order valence-electron chi connectivity index (χ1n) is 7.12. The highest BCUT2D eigenvalue weighted by atomic mass is 16.3. The third-order valence-electron chi connectivity index (χ3n) is 3.91. The molecule has 1 amide bonds. The van der Waals surface area contributed by atoms with Crippen LogP contribution in [0.2, 0.25) is 0 Å². The molecule has 1 unspecified atom stereocenters. The molecule has 1 N–H and O–H groups in total. The molecule has 1 fully saturated rings. The van der Waals surface area contributed by atoms with Crippen molar-refractivity contribution < 1.29 is 14.3 Å². The lowest BCUT2D eigenvalue weighted by Gasteiger charge is -2.31. The number of benzene rings is 1. The first kappa shape index (κ1) is 13.8. The molecular formula is C16H17NO4. The third-order valence-corrected chi connectivity index (χ3v) is 3.91. The van der Waals surface area contributed by atoms with Gasteiger partial charge in [-0.3, -0.25) is 9.59 Å². The molecule has 21 heavy (non-hydrogen) atoms. The maximum atomic E-state index is 12.5. The molecule has 1 aromatic carbocycles. The van der Waals surface area contributed by atoms with Gasteiger partial charge in [-0.2, -0.15) is 0 Å². The average Bonchev–Trinajstić information content (AvgIpc) is 2.54. The highest BCUT2D eigenvalue weighted by Gasteiger charge is 2.25. The Labute approximate surface area is 121 Å². The lowest BCUT2D eigenvalue weighted by molar-refractivity contribution is 0.0590. The summed E-state index contributed by atoms with van der Waals surface area (Å²) in [5, 5.41) is 9.71. The number of para-hydroxylation sites is 1. The molecule has 1 aromatic heterocycles. The van der Waals surface area contributed by atoms with Crippen molar-refractivity contribution >= 4 is 16.9 Å². The van der Waals surface area contributed by atoms with E-state index in [1.165, 1.54) is 6.07 Å². The van der Waals surface area contributed by atoms with Gasteiger partial charge >= 0.3 is 0 Å². The minimum Gasteiger partial charge on any atom is -0.451 e.